The second-order valence-electron chi connectivity index (χ2n) is 3.16. The van der Waals surface area contributed by atoms with Gasteiger partial charge in [0.05, 0.1) is 16.7 Å². The second kappa shape index (κ2) is 6.90. The molecule has 0 bridgehead atoms. The molecular formula is C12H10Cl2N2O2. The van der Waals surface area contributed by atoms with Crippen LogP contribution in [0.5, 0.6) is 0 Å². The lowest BCUT2D eigenvalue weighted by molar-refractivity contribution is -0.138. The highest BCUT2D eigenvalue weighted by atomic mass is 35.5. The highest BCUT2D eigenvalue weighted by Gasteiger charge is 2.09. The number of hydrogen-bond acceptors (Lipinski definition) is 4. The van der Waals surface area contributed by atoms with Gasteiger partial charge in [-0.2, -0.15) is 5.26 Å². The standard InChI is InChI=1S/C12H10Cl2N2O2/c1-2-18-12(17)8(6-15)7-16-9-3-4-10(13)11(14)5-9/h3-5,7,16H,2H2,1H3/b8-7+. The molecule has 0 aliphatic heterocycles. The number of nitriles is 1. The van der Waals surface area contributed by atoms with Gasteiger partial charge in [0.1, 0.15) is 6.07 Å². The summed E-state index contributed by atoms with van der Waals surface area (Å²) in [6.07, 6.45) is 1.26. The summed E-state index contributed by atoms with van der Waals surface area (Å²) in [6, 6.07) is 6.61. The number of rotatable bonds is 4. The van der Waals surface area contributed by atoms with Crippen molar-refractivity contribution in [1.82, 2.24) is 0 Å². The molecule has 0 aliphatic carbocycles. The molecule has 0 radical (unpaired) electrons. The van der Waals surface area contributed by atoms with E-state index in [1.165, 1.54) is 6.20 Å². The number of ether oxygens (including phenoxy) is 1. The van der Waals surface area contributed by atoms with Crippen molar-refractivity contribution in [2.45, 2.75) is 6.92 Å². The monoisotopic (exact) mass is 284 g/mol. The Labute approximate surface area is 115 Å². The molecule has 0 unspecified atom stereocenters. The molecule has 4 nitrogen and oxygen atoms in total. The maximum absolute atomic E-state index is 11.3. The zero-order valence-corrected chi connectivity index (χ0v) is 11.0. The smallest absolute Gasteiger partial charge is 0.350 e. The van der Waals surface area contributed by atoms with E-state index in [0.717, 1.165) is 0 Å². The predicted molar refractivity (Wildman–Crippen MR) is 70.4 cm³/mol. The van der Waals surface area contributed by atoms with Crippen molar-refractivity contribution in [1.29, 1.82) is 5.26 Å². The van der Waals surface area contributed by atoms with Gasteiger partial charge in [-0.3, -0.25) is 0 Å². The van der Waals surface area contributed by atoms with E-state index in [0.29, 0.717) is 15.7 Å². The van der Waals surface area contributed by atoms with E-state index in [-0.39, 0.29) is 12.2 Å². The highest BCUT2D eigenvalue weighted by Crippen LogP contribution is 2.25. The van der Waals surface area contributed by atoms with Crippen LogP contribution in [-0.4, -0.2) is 12.6 Å². The first-order valence-corrected chi connectivity index (χ1v) is 5.83. The van der Waals surface area contributed by atoms with Crippen LogP contribution in [0.1, 0.15) is 6.92 Å². The Morgan fingerprint density at radius 1 is 1.50 bits per heavy atom. The fraction of sp³-hybridized carbons (Fsp3) is 0.167. The number of hydrogen-bond donors (Lipinski definition) is 1. The molecule has 0 aromatic heterocycles. The van der Waals surface area contributed by atoms with Gasteiger partial charge in [0, 0.05) is 11.9 Å². The molecule has 1 N–H and O–H groups in total. The first-order chi connectivity index (χ1) is 8.58. The molecule has 0 fully saturated rings. The molecule has 0 saturated carbocycles. The lowest BCUT2D eigenvalue weighted by Gasteiger charge is -2.04. The topological polar surface area (TPSA) is 62.1 Å². The zero-order valence-electron chi connectivity index (χ0n) is 9.54. The van der Waals surface area contributed by atoms with Crippen LogP contribution >= 0.6 is 23.2 Å². The molecule has 0 saturated heterocycles. The SMILES string of the molecule is CCOC(=O)/C(C#N)=C/Nc1ccc(Cl)c(Cl)c1. The van der Waals surface area contributed by atoms with E-state index >= 15 is 0 Å². The Balaban J connectivity index is 2.80. The number of nitrogens with zero attached hydrogens (tertiary/aromatic N) is 1. The van der Waals surface area contributed by atoms with Gasteiger partial charge < -0.3 is 10.1 Å². The van der Waals surface area contributed by atoms with E-state index in [4.69, 9.17) is 33.2 Å². The molecule has 94 valence electrons. The molecule has 18 heavy (non-hydrogen) atoms. The largest absolute Gasteiger partial charge is 0.462 e. The minimum Gasteiger partial charge on any atom is -0.462 e. The quantitative estimate of drug-likeness (QED) is 0.523. The lowest BCUT2D eigenvalue weighted by atomic mass is 10.3. The number of carbonyl (C=O) groups excluding carboxylic acids is 1. The van der Waals surface area contributed by atoms with Crippen molar-refractivity contribution in [2.75, 3.05) is 11.9 Å². The summed E-state index contributed by atoms with van der Waals surface area (Å²) in [7, 11) is 0. The number of benzene rings is 1. The van der Waals surface area contributed by atoms with Crippen LogP contribution in [0.15, 0.2) is 30.0 Å². The van der Waals surface area contributed by atoms with Gasteiger partial charge in [0.2, 0.25) is 0 Å². The Kier molecular flexibility index (Phi) is 5.50. The van der Waals surface area contributed by atoms with E-state index in [2.05, 4.69) is 5.32 Å². The van der Waals surface area contributed by atoms with Crippen molar-refractivity contribution in [3.63, 3.8) is 0 Å². The molecule has 0 atom stereocenters. The van der Waals surface area contributed by atoms with E-state index in [1.807, 2.05) is 0 Å². The third-order valence-electron chi connectivity index (χ3n) is 1.92. The third kappa shape index (κ3) is 3.95. The molecule has 0 aliphatic rings. The number of anilines is 1. The van der Waals surface area contributed by atoms with E-state index in [9.17, 15) is 4.79 Å². The molecule has 1 aromatic carbocycles. The van der Waals surface area contributed by atoms with Gasteiger partial charge in [-0.1, -0.05) is 23.2 Å². The minimum atomic E-state index is -0.674. The van der Waals surface area contributed by atoms with Gasteiger partial charge in [0.25, 0.3) is 0 Å². The molecule has 0 spiro atoms. The molecular weight excluding hydrogens is 275 g/mol. The van der Waals surface area contributed by atoms with Crippen LogP contribution in [0.2, 0.25) is 10.0 Å². The average molecular weight is 285 g/mol. The Bertz CT molecular complexity index is 521. The predicted octanol–water partition coefficient (Wildman–Crippen LogP) is 3.38. The summed E-state index contributed by atoms with van der Waals surface area (Å²) >= 11 is 11.6. The zero-order chi connectivity index (χ0) is 13.5. The van der Waals surface area contributed by atoms with Crippen molar-refractivity contribution in [2.24, 2.45) is 0 Å². The third-order valence-corrected chi connectivity index (χ3v) is 2.66. The lowest BCUT2D eigenvalue weighted by Crippen LogP contribution is -2.07. The highest BCUT2D eigenvalue weighted by molar-refractivity contribution is 6.42. The molecule has 1 rings (SSSR count). The summed E-state index contributed by atoms with van der Waals surface area (Å²) in [6.45, 7) is 1.88. The summed E-state index contributed by atoms with van der Waals surface area (Å²) < 4.78 is 4.71. The summed E-state index contributed by atoms with van der Waals surface area (Å²) in [5.41, 5.74) is 0.490. The van der Waals surface area contributed by atoms with Crippen LogP contribution in [0.25, 0.3) is 0 Å². The van der Waals surface area contributed by atoms with Crippen molar-refractivity contribution in [3.8, 4) is 6.07 Å². The first-order valence-electron chi connectivity index (χ1n) is 5.07. The second-order valence-corrected chi connectivity index (χ2v) is 3.98. The fourth-order valence-corrected chi connectivity index (χ4v) is 1.39. The molecule has 0 amide bonds. The molecule has 6 heteroatoms. The number of halogens is 2. The van der Waals surface area contributed by atoms with Crippen LogP contribution < -0.4 is 5.32 Å². The van der Waals surface area contributed by atoms with E-state index < -0.39 is 5.97 Å². The van der Waals surface area contributed by atoms with Gasteiger partial charge in [-0.15, -0.1) is 0 Å². The van der Waals surface area contributed by atoms with Gasteiger partial charge >= 0.3 is 5.97 Å². The average Bonchev–Trinajstić information content (AvgIpc) is 2.34. The van der Waals surface area contributed by atoms with Crippen LogP contribution in [-0.2, 0) is 9.53 Å². The molecule has 1 aromatic rings. The van der Waals surface area contributed by atoms with Crippen LogP contribution in [0, 0.1) is 11.3 Å². The summed E-state index contributed by atoms with van der Waals surface area (Å²) in [5.74, 6) is -0.674. The summed E-state index contributed by atoms with van der Waals surface area (Å²) in [4.78, 5) is 11.3. The van der Waals surface area contributed by atoms with Crippen molar-refractivity contribution in [3.05, 3.63) is 40.0 Å². The number of esters is 1. The normalized spacial score (nSPS) is 10.7. The van der Waals surface area contributed by atoms with Gasteiger partial charge in [-0.25, -0.2) is 4.79 Å². The Morgan fingerprint density at radius 3 is 2.78 bits per heavy atom. The Hall–Kier alpha value is -1.70. The fourth-order valence-electron chi connectivity index (χ4n) is 1.09. The van der Waals surface area contributed by atoms with Crippen LogP contribution in [0.4, 0.5) is 5.69 Å². The van der Waals surface area contributed by atoms with Crippen molar-refractivity contribution < 1.29 is 9.53 Å². The van der Waals surface area contributed by atoms with Crippen molar-refractivity contribution >= 4 is 34.9 Å². The number of carbonyl (C=O) groups is 1. The molecule has 0 heterocycles. The van der Waals surface area contributed by atoms with Crippen LogP contribution in [0.3, 0.4) is 0 Å². The van der Waals surface area contributed by atoms with Gasteiger partial charge in [0.15, 0.2) is 5.57 Å². The number of nitrogens with one attached hydrogen (secondary N) is 1. The van der Waals surface area contributed by atoms with E-state index in [1.54, 1.807) is 31.2 Å². The summed E-state index contributed by atoms with van der Waals surface area (Å²) in [5, 5.41) is 12.4. The minimum absolute atomic E-state index is 0.122. The van der Waals surface area contributed by atoms with Gasteiger partial charge in [-0.05, 0) is 25.1 Å². The first kappa shape index (κ1) is 14.4. The maximum atomic E-state index is 11.3. The maximum Gasteiger partial charge on any atom is 0.350 e. The Morgan fingerprint density at radius 2 is 2.22 bits per heavy atom.